The molecule has 0 unspecified atom stereocenters. The SMILES string of the molecule is CCc1ccccc1CNc1cccc(C(=O)O)n1. The molecule has 0 bridgehead atoms. The zero-order valence-corrected chi connectivity index (χ0v) is 10.8. The fourth-order valence-electron chi connectivity index (χ4n) is 1.91. The van der Waals surface area contributed by atoms with Gasteiger partial charge in [-0.05, 0) is 29.7 Å². The van der Waals surface area contributed by atoms with Gasteiger partial charge >= 0.3 is 5.97 Å². The van der Waals surface area contributed by atoms with Crippen molar-refractivity contribution in [3.63, 3.8) is 0 Å². The Morgan fingerprint density at radius 1 is 1.16 bits per heavy atom. The van der Waals surface area contributed by atoms with E-state index in [4.69, 9.17) is 5.11 Å². The van der Waals surface area contributed by atoms with E-state index >= 15 is 0 Å². The van der Waals surface area contributed by atoms with Crippen LogP contribution in [0.5, 0.6) is 0 Å². The molecule has 2 rings (SSSR count). The molecule has 2 aromatic rings. The van der Waals surface area contributed by atoms with Crippen LogP contribution in [0.4, 0.5) is 5.82 Å². The van der Waals surface area contributed by atoms with Crippen molar-refractivity contribution in [3.05, 3.63) is 59.3 Å². The quantitative estimate of drug-likeness (QED) is 0.863. The zero-order chi connectivity index (χ0) is 13.7. The van der Waals surface area contributed by atoms with E-state index in [0.717, 1.165) is 6.42 Å². The van der Waals surface area contributed by atoms with Crippen molar-refractivity contribution < 1.29 is 9.90 Å². The van der Waals surface area contributed by atoms with E-state index in [-0.39, 0.29) is 5.69 Å². The fraction of sp³-hybridized carbons (Fsp3) is 0.200. The maximum atomic E-state index is 10.8. The average Bonchev–Trinajstić information content (AvgIpc) is 2.45. The van der Waals surface area contributed by atoms with Gasteiger partial charge in [-0.3, -0.25) is 0 Å². The highest BCUT2D eigenvalue weighted by molar-refractivity contribution is 5.85. The number of anilines is 1. The molecule has 1 aromatic carbocycles. The number of aryl methyl sites for hydroxylation is 1. The summed E-state index contributed by atoms with van der Waals surface area (Å²) in [4.78, 5) is 14.9. The predicted octanol–water partition coefficient (Wildman–Crippen LogP) is 2.95. The summed E-state index contributed by atoms with van der Waals surface area (Å²) < 4.78 is 0. The summed E-state index contributed by atoms with van der Waals surface area (Å²) in [6.45, 7) is 2.75. The molecule has 0 radical (unpaired) electrons. The Kier molecular flexibility index (Phi) is 4.13. The number of carbonyl (C=O) groups is 1. The van der Waals surface area contributed by atoms with Crippen molar-refractivity contribution >= 4 is 11.8 Å². The summed E-state index contributed by atoms with van der Waals surface area (Å²) >= 11 is 0. The van der Waals surface area contributed by atoms with Gasteiger partial charge in [-0.25, -0.2) is 9.78 Å². The molecule has 0 saturated heterocycles. The summed E-state index contributed by atoms with van der Waals surface area (Å²) in [5, 5.41) is 12.0. The first-order valence-corrected chi connectivity index (χ1v) is 6.21. The van der Waals surface area contributed by atoms with Gasteiger partial charge in [-0.15, -0.1) is 0 Å². The van der Waals surface area contributed by atoms with Crippen molar-refractivity contribution in [2.75, 3.05) is 5.32 Å². The van der Waals surface area contributed by atoms with Crippen LogP contribution >= 0.6 is 0 Å². The van der Waals surface area contributed by atoms with E-state index in [1.165, 1.54) is 17.2 Å². The lowest BCUT2D eigenvalue weighted by Gasteiger charge is -2.09. The van der Waals surface area contributed by atoms with E-state index in [1.807, 2.05) is 12.1 Å². The Bertz CT molecular complexity index is 582. The fourth-order valence-corrected chi connectivity index (χ4v) is 1.91. The van der Waals surface area contributed by atoms with Crippen molar-refractivity contribution in [2.45, 2.75) is 19.9 Å². The molecule has 0 aliphatic rings. The molecule has 19 heavy (non-hydrogen) atoms. The van der Waals surface area contributed by atoms with E-state index in [2.05, 4.69) is 29.4 Å². The first kappa shape index (κ1) is 13.1. The second kappa shape index (κ2) is 6.00. The van der Waals surface area contributed by atoms with Gasteiger partial charge in [-0.2, -0.15) is 0 Å². The van der Waals surface area contributed by atoms with Crippen molar-refractivity contribution in [1.29, 1.82) is 0 Å². The van der Waals surface area contributed by atoms with Crippen molar-refractivity contribution in [3.8, 4) is 0 Å². The Labute approximate surface area is 112 Å². The standard InChI is InChI=1S/C15H16N2O2/c1-2-11-6-3-4-7-12(11)10-16-14-9-5-8-13(17-14)15(18)19/h3-9H,2,10H2,1H3,(H,16,17)(H,18,19). The molecule has 0 atom stereocenters. The highest BCUT2D eigenvalue weighted by Gasteiger charge is 2.05. The number of rotatable bonds is 5. The van der Waals surface area contributed by atoms with Crippen LogP contribution in [-0.4, -0.2) is 16.1 Å². The number of hydrogen-bond acceptors (Lipinski definition) is 3. The number of nitrogens with zero attached hydrogens (tertiary/aromatic N) is 1. The van der Waals surface area contributed by atoms with Crippen LogP contribution in [0, 0.1) is 0 Å². The van der Waals surface area contributed by atoms with Gasteiger partial charge in [0.2, 0.25) is 0 Å². The number of aromatic carboxylic acids is 1. The van der Waals surface area contributed by atoms with E-state index in [9.17, 15) is 4.79 Å². The number of aromatic nitrogens is 1. The maximum absolute atomic E-state index is 10.8. The smallest absolute Gasteiger partial charge is 0.354 e. The lowest BCUT2D eigenvalue weighted by molar-refractivity contribution is 0.0690. The van der Waals surface area contributed by atoms with Crippen molar-refractivity contribution in [2.24, 2.45) is 0 Å². The Hall–Kier alpha value is -2.36. The van der Waals surface area contributed by atoms with Gasteiger partial charge in [0, 0.05) is 6.54 Å². The average molecular weight is 256 g/mol. The Balaban J connectivity index is 2.10. The minimum atomic E-state index is -1.02. The van der Waals surface area contributed by atoms with Crippen LogP contribution in [-0.2, 0) is 13.0 Å². The highest BCUT2D eigenvalue weighted by Crippen LogP contribution is 2.12. The summed E-state index contributed by atoms with van der Waals surface area (Å²) in [7, 11) is 0. The van der Waals surface area contributed by atoms with Gasteiger partial charge < -0.3 is 10.4 Å². The van der Waals surface area contributed by atoms with Crippen LogP contribution < -0.4 is 5.32 Å². The van der Waals surface area contributed by atoms with Crippen LogP contribution in [0.3, 0.4) is 0 Å². The minimum Gasteiger partial charge on any atom is -0.477 e. The van der Waals surface area contributed by atoms with Crippen LogP contribution in [0.1, 0.15) is 28.5 Å². The van der Waals surface area contributed by atoms with Gasteiger partial charge in [0.25, 0.3) is 0 Å². The summed E-state index contributed by atoms with van der Waals surface area (Å²) in [6.07, 6.45) is 0.973. The molecule has 1 heterocycles. The molecule has 4 nitrogen and oxygen atoms in total. The second-order valence-corrected chi connectivity index (χ2v) is 4.19. The topological polar surface area (TPSA) is 62.2 Å². The maximum Gasteiger partial charge on any atom is 0.354 e. The van der Waals surface area contributed by atoms with E-state index in [1.54, 1.807) is 12.1 Å². The monoisotopic (exact) mass is 256 g/mol. The number of benzene rings is 1. The molecule has 98 valence electrons. The lowest BCUT2D eigenvalue weighted by atomic mass is 10.1. The first-order chi connectivity index (χ1) is 9.20. The molecule has 4 heteroatoms. The normalized spacial score (nSPS) is 10.2. The number of carboxylic acids is 1. The van der Waals surface area contributed by atoms with E-state index < -0.39 is 5.97 Å². The molecule has 0 saturated carbocycles. The number of nitrogens with one attached hydrogen (secondary N) is 1. The van der Waals surface area contributed by atoms with Crippen LogP contribution in [0.2, 0.25) is 0 Å². The molecule has 2 N–H and O–H groups in total. The molecule has 1 aromatic heterocycles. The van der Waals surface area contributed by atoms with Gasteiger partial charge in [-0.1, -0.05) is 37.3 Å². The summed E-state index contributed by atoms with van der Waals surface area (Å²) in [6, 6.07) is 13.1. The molecular formula is C15H16N2O2. The number of pyridine rings is 1. The highest BCUT2D eigenvalue weighted by atomic mass is 16.4. The minimum absolute atomic E-state index is 0.0498. The number of hydrogen-bond donors (Lipinski definition) is 2. The van der Waals surface area contributed by atoms with Gasteiger partial charge in [0.1, 0.15) is 5.82 Å². The third-order valence-electron chi connectivity index (χ3n) is 2.93. The van der Waals surface area contributed by atoms with Crippen molar-refractivity contribution in [1.82, 2.24) is 4.98 Å². The Morgan fingerprint density at radius 2 is 1.89 bits per heavy atom. The summed E-state index contributed by atoms with van der Waals surface area (Å²) in [5.74, 6) is -0.441. The molecule has 0 fully saturated rings. The number of carboxylic acid groups (broad SMARTS) is 1. The first-order valence-electron chi connectivity index (χ1n) is 6.21. The Morgan fingerprint density at radius 3 is 2.58 bits per heavy atom. The van der Waals surface area contributed by atoms with E-state index in [0.29, 0.717) is 12.4 Å². The largest absolute Gasteiger partial charge is 0.477 e. The third kappa shape index (κ3) is 3.31. The van der Waals surface area contributed by atoms with Gasteiger partial charge in [0.15, 0.2) is 5.69 Å². The summed E-state index contributed by atoms with van der Waals surface area (Å²) in [5.41, 5.74) is 2.53. The van der Waals surface area contributed by atoms with Crippen LogP contribution in [0.25, 0.3) is 0 Å². The zero-order valence-electron chi connectivity index (χ0n) is 10.8. The molecule has 0 aliphatic heterocycles. The molecule has 0 amide bonds. The lowest BCUT2D eigenvalue weighted by Crippen LogP contribution is -2.06. The second-order valence-electron chi connectivity index (χ2n) is 4.19. The van der Waals surface area contributed by atoms with Gasteiger partial charge in [0.05, 0.1) is 0 Å². The molecular weight excluding hydrogens is 240 g/mol. The predicted molar refractivity (Wildman–Crippen MR) is 74.3 cm³/mol. The van der Waals surface area contributed by atoms with Crippen LogP contribution in [0.15, 0.2) is 42.5 Å². The molecule has 0 spiro atoms. The third-order valence-corrected chi connectivity index (χ3v) is 2.93. The molecule has 0 aliphatic carbocycles.